The van der Waals surface area contributed by atoms with Crippen molar-refractivity contribution in [3.63, 3.8) is 0 Å². The Morgan fingerprint density at radius 2 is 2.10 bits per heavy atom. The van der Waals surface area contributed by atoms with Crippen LogP contribution in [0.15, 0.2) is 35.1 Å². The molecule has 0 unspecified atom stereocenters. The van der Waals surface area contributed by atoms with Crippen molar-refractivity contribution >= 4 is 18.1 Å². The minimum Gasteiger partial charge on any atom is -0.465 e. The van der Waals surface area contributed by atoms with E-state index in [0.717, 1.165) is 37.1 Å². The molecular formula is C16H18N2O2. The minimum atomic E-state index is 0.127. The molecule has 1 saturated carbocycles. The van der Waals surface area contributed by atoms with Gasteiger partial charge < -0.3 is 4.42 Å². The molecule has 0 N–H and O–H groups in total. The van der Waals surface area contributed by atoms with E-state index in [1.165, 1.54) is 11.1 Å². The van der Waals surface area contributed by atoms with Crippen molar-refractivity contribution in [2.24, 2.45) is 5.92 Å². The lowest BCUT2D eigenvalue weighted by atomic mass is 9.89. The molecule has 4 nitrogen and oxygen atoms in total. The highest BCUT2D eigenvalue weighted by Crippen LogP contribution is 2.24. The predicted molar refractivity (Wildman–Crippen MR) is 77.1 cm³/mol. The van der Waals surface area contributed by atoms with E-state index >= 15 is 0 Å². The van der Waals surface area contributed by atoms with Crippen LogP contribution in [0.5, 0.6) is 0 Å². The number of hydrogen-bond acceptors (Lipinski definition) is 3. The van der Waals surface area contributed by atoms with E-state index in [1.54, 1.807) is 12.5 Å². The lowest BCUT2D eigenvalue weighted by Gasteiger charge is -2.19. The summed E-state index contributed by atoms with van der Waals surface area (Å²) in [4.78, 5) is 12.3. The second-order valence-electron chi connectivity index (χ2n) is 5.21. The first kappa shape index (κ1) is 12.9. The number of furan rings is 1. The third-order valence-corrected chi connectivity index (χ3v) is 3.75. The van der Waals surface area contributed by atoms with Gasteiger partial charge in [-0.05, 0) is 43.2 Å². The summed E-state index contributed by atoms with van der Waals surface area (Å²) in [5.74, 6) is 1.05. The molecule has 0 bridgehead atoms. The Morgan fingerprint density at radius 1 is 1.25 bits per heavy atom. The van der Waals surface area contributed by atoms with Crippen molar-refractivity contribution in [1.29, 1.82) is 0 Å². The monoisotopic (exact) mass is 270 g/mol. The average Bonchev–Trinajstić information content (AvgIpc) is 3.17. The van der Waals surface area contributed by atoms with Gasteiger partial charge in [0.2, 0.25) is 5.91 Å². The van der Waals surface area contributed by atoms with Crippen molar-refractivity contribution in [2.75, 3.05) is 0 Å². The van der Waals surface area contributed by atoms with E-state index < -0.39 is 0 Å². The molecule has 3 rings (SSSR count). The van der Waals surface area contributed by atoms with Crippen LogP contribution in [0.3, 0.4) is 0 Å². The molecular weight excluding hydrogens is 252 g/mol. The number of carbonyl (C=O) groups is 1. The number of aromatic nitrogens is 2. The molecule has 0 aromatic carbocycles. The molecule has 0 spiro atoms. The van der Waals surface area contributed by atoms with Crippen LogP contribution in [0.2, 0.25) is 0 Å². The van der Waals surface area contributed by atoms with Crippen LogP contribution in [0.4, 0.5) is 0 Å². The highest BCUT2D eigenvalue weighted by molar-refractivity contribution is 5.81. The molecule has 104 valence electrons. The van der Waals surface area contributed by atoms with Gasteiger partial charge in [-0.3, -0.25) is 4.79 Å². The van der Waals surface area contributed by atoms with Crippen LogP contribution in [0.1, 0.15) is 48.4 Å². The van der Waals surface area contributed by atoms with Crippen LogP contribution < -0.4 is 0 Å². The van der Waals surface area contributed by atoms with Gasteiger partial charge in [-0.2, -0.15) is 5.10 Å². The van der Waals surface area contributed by atoms with Gasteiger partial charge in [0.15, 0.2) is 0 Å². The summed E-state index contributed by atoms with van der Waals surface area (Å²) < 4.78 is 6.70. The lowest BCUT2D eigenvalue weighted by molar-refractivity contribution is 0.0784. The summed E-state index contributed by atoms with van der Waals surface area (Å²) in [6.45, 7) is 0. The Balaban J connectivity index is 1.68. The minimum absolute atomic E-state index is 0.127. The van der Waals surface area contributed by atoms with Gasteiger partial charge in [0.05, 0.1) is 12.0 Å². The van der Waals surface area contributed by atoms with Crippen LogP contribution in [0.25, 0.3) is 12.2 Å². The summed E-state index contributed by atoms with van der Waals surface area (Å²) in [5, 5.41) is 4.32. The summed E-state index contributed by atoms with van der Waals surface area (Å²) in [5.41, 5.74) is 0.769. The van der Waals surface area contributed by atoms with E-state index in [1.807, 2.05) is 30.4 Å². The fourth-order valence-corrected chi connectivity index (χ4v) is 2.64. The van der Waals surface area contributed by atoms with Crippen molar-refractivity contribution in [2.45, 2.75) is 32.1 Å². The van der Waals surface area contributed by atoms with Gasteiger partial charge in [-0.1, -0.05) is 19.3 Å². The van der Waals surface area contributed by atoms with Gasteiger partial charge in [0.1, 0.15) is 5.76 Å². The Labute approximate surface area is 118 Å². The standard InChI is InChI=1S/C16H18N2O2/c19-16(13-5-2-1-3-6-13)18-11-10-14(17-18)8-9-15-7-4-12-20-15/h4,7-13H,1-3,5-6H2/b9-8+. The van der Waals surface area contributed by atoms with Crippen molar-refractivity contribution < 1.29 is 9.21 Å². The van der Waals surface area contributed by atoms with E-state index in [9.17, 15) is 4.79 Å². The lowest BCUT2D eigenvalue weighted by Crippen LogP contribution is -2.24. The van der Waals surface area contributed by atoms with Gasteiger partial charge >= 0.3 is 0 Å². The molecule has 1 aliphatic carbocycles. The van der Waals surface area contributed by atoms with Crippen molar-refractivity contribution in [3.05, 3.63) is 42.1 Å². The fourth-order valence-electron chi connectivity index (χ4n) is 2.64. The van der Waals surface area contributed by atoms with E-state index in [-0.39, 0.29) is 11.8 Å². The SMILES string of the molecule is O=C(C1CCCCC1)n1ccc(/C=C/c2ccco2)n1. The quantitative estimate of drug-likeness (QED) is 0.850. The first-order valence-electron chi connectivity index (χ1n) is 7.14. The normalized spacial score (nSPS) is 16.8. The predicted octanol–water partition coefficient (Wildman–Crippen LogP) is 3.87. The molecule has 2 aromatic rings. The number of carbonyl (C=O) groups excluding carboxylic acids is 1. The summed E-state index contributed by atoms with van der Waals surface area (Å²) in [7, 11) is 0. The number of nitrogens with zero attached hydrogens (tertiary/aromatic N) is 2. The highest BCUT2D eigenvalue weighted by Gasteiger charge is 2.22. The van der Waals surface area contributed by atoms with Crippen LogP contribution >= 0.6 is 0 Å². The maximum absolute atomic E-state index is 12.3. The second-order valence-corrected chi connectivity index (χ2v) is 5.21. The van der Waals surface area contributed by atoms with Crippen LogP contribution in [-0.4, -0.2) is 15.7 Å². The van der Waals surface area contributed by atoms with Crippen LogP contribution in [-0.2, 0) is 0 Å². The number of hydrogen-bond donors (Lipinski definition) is 0. The maximum atomic E-state index is 12.3. The van der Waals surface area contributed by atoms with Crippen molar-refractivity contribution in [1.82, 2.24) is 9.78 Å². The average molecular weight is 270 g/mol. The Hall–Kier alpha value is -2.10. The molecule has 1 fully saturated rings. The summed E-state index contributed by atoms with van der Waals surface area (Å²) in [6.07, 6.45) is 12.6. The first-order valence-corrected chi connectivity index (χ1v) is 7.14. The molecule has 0 radical (unpaired) electrons. The third kappa shape index (κ3) is 2.90. The first-order chi connectivity index (χ1) is 9.83. The molecule has 0 atom stereocenters. The molecule has 0 aliphatic heterocycles. The zero-order valence-electron chi connectivity index (χ0n) is 11.4. The number of rotatable bonds is 3. The molecule has 0 saturated heterocycles. The fraction of sp³-hybridized carbons (Fsp3) is 0.375. The molecule has 0 amide bonds. The molecule has 4 heteroatoms. The van der Waals surface area contributed by atoms with Gasteiger partial charge in [-0.25, -0.2) is 4.68 Å². The topological polar surface area (TPSA) is 48.0 Å². The van der Waals surface area contributed by atoms with E-state index in [0.29, 0.717) is 0 Å². The zero-order chi connectivity index (χ0) is 13.8. The molecule has 20 heavy (non-hydrogen) atoms. The molecule has 2 aromatic heterocycles. The third-order valence-electron chi connectivity index (χ3n) is 3.75. The largest absolute Gasteiger partial charge is 0.465 e. The van der Waals surface area contributed by atoms with E-state index in [4.69, 9.17) is 4.42 Å². The van der Waals surface area contributed by atoms with Gasteiger partial charge in [0, 0.05) is 12.1 Å². The molecule has 2 heterocycles. The smallest absolute Gasteiger partial charge is 0.249 e. The molecule has 1 aliphatic rings. The Morgan fingerprint density at radius 3 is 2.85 bits per heavy atom. The van der Waals surface area contributed by atoms with Gasteiger partial charge in [0.25, 0.3) is 0 Å². The zero-order valence-corrected chi connectivity index (χ0v) is 11.4. The summed E-state index contributed by atoms with van der Waals surface area (Å²) >= 11 is 0. The van der Waals surface area contributed by atoms with Crippen LogP contribution in [0, 0.1) is 5.92 Å². The summed E-state index contributed by atoms with van der Waals surface area (Å²) in [6, 6.07) is 5.56. The van der Waals surface area contributed by atoms with Crippen molar-refractivity contribution in [3.8, 4) is 0 Å². The Kier molecular flexibility index (Phi) is 3.81. The Bertz CT molecular complexity index is 590. The highest BCUT2D eigenvalue weighted by atomic mass is 16.3. The second kappa shape index (κ2) is 5.90. The maximum Gasteiger partial charge on any atom is 0.249 e. The van der Waals surface area contributed by atoms with Gasteiger partial charge in [-0.15, -0.1) is 0 Å². The van der Waals surface area contributed by atoms with E-state index in [2.05, 4.69) is 5.10 Å².